The summed E-state index contributed by atoms with van der Waals surface area (Å²) in [4.78, 5) is 12.5. The van der Waals surface area contributed by atoms with E-state index in [4.69, 9.17) is 8.94 Å². The molecular formula is C22H20NO5PS. The van der Waals surface area contributed by atoms with E-state index in [0.29, 0.717) is 21.5 Å². The van der Waals surface area contributed by atoms with E-state index in [0.717, 1.165) is 27.8 Å². The molecule has 2 aromatic heterocycles. The Bertz CT molecular complexity index is 1270. The zero-order chi connectivity index (χ0) is 21.5. The van der Waals surface area contributed by atoms with Crippen LogP contribution < -0.4 is 10.4 Å². The number of rotatable bonds is 6. The summed E-state index contributed by atoms with van der Waals surface area (Å²) < 4.78 is 24.8. The highest BCUT2D eigenvalue weighted by atomic mass is 32.1. The second-order valence-electron chi connectivity index (χ2n) is 6.94. The van der Waals surface area contributed by atoms with Crippen LogP contribution in [0, 0.1) is 13.8 Å². The van der Waals surface area contributed by atoms with E-state index in [1.807, 2.05) is 56.3 Å². The number of fused-ring (bicyclic) bond motifs is 1. The number of carboxylic acids is 1. The number of furan rings is 1. The van der Waals surface area contributed by atoms with Gasteiger partial charge >= 0.3 is 13.5 Å². The van der Waals surface area contributed by atoms with Crippen LogP contribution in [0.5, 0.6) is 0 Å². The Morgan fingerprint density at radius 2 is 1.90 bits per heavy atom. The number of hydrogen-bond acceptors (Lipinski definition) is 5. The van der Waals surface area contributed by atoms with Gasteiger partial charge in [0.25, 0.3) is 0 Å². The fraction of sp³-hybridized carbons (Fsp3) is 0.136. The summed E-state index contributed by atoms with van der Waals surface area (Å²) in [5, 5.41) is 14.0. The maximum absolute atomic E-state index is 13.6. The molecule has 0 radical (unpaired) electrons. The van der Waals surface area contributed by atoms with Crippen molar-refractivity contribution in [2.75, 3.05) is 12.2 Å². The van der Waals surface area contributed by atoms with Crippen LogP contribution in [0.15, 0.2) is 59.0 Å². The van der Waals surface area contributed by atoms with Gasteiger partial charge in [-0.05, 0) is 43.7 Å². The third-order valence-corrected chi connectivity index (χ3v) is 8.11. The van der Waals surface area contributed by atoms with Gasteiger partial charge in [0, 0.05) is 12.5 Å². The Balaban J connectivity index is 1.78. The van der Waals surface area contributed by atoms with Gasteiger partial charge in [-0.2, -0.15) is 0 Å². The van der Waals surface area contributed by atoms with Crippen LogP contribution in [-0.2, 0) is 9.09 Å². The van der Waals surface area contributed by atoms with Crippen LogP contribution in [0.4, 0.5) is 5.69 Å². The normalized spacial score (nSPS) is 13.3. The largest absolute Gasteiger partial charge is 0.477 e. The summed E-state index contributed by atoms with van der Waals surface area (Å²) in [6, 6.07) is 16.6. The number of hydrogen-bond donors (Lipinski definition) is 2. The van der Waals surface area contributed by atoms with Crippen molar-refractivity contribution in [3.05, 3.63) is 70.6 Å². The van der Waals surface area contributed by atoms with Crippen LogP contribution in [-0.4, -0.2) is 18.2 Å². The first kappa shape index (κ1) is 20.4. The summed E-state index contributed by atoms with van der Waals surface area (Å²) in [5.41, 5.74) is 2.78. The number of thiophene rings is 1. The minimum Gasteiger partial charge on any atom is -0.477 e. The molecule has 154 valence electrons. The predicted octanol–water partition coefficient (Wildman–Crippen LogP) is 6.05. The van der Waals surface area contributed by atoms with Crippen LogP contribution in [0.3, 0.4) is 0 Å². The zero-order valence-corrected chi connectivity index (χ0v) is 18.3. The molecule has 0 bridgehead atoms. The van der Waals surface area contributed by atoms with E-state index in [-0.39, 0.29) is 10.6 Å². The van der Waals surface area contributed by atoms with Crippen LogP contribution in [0.1, 0.15) is 20.8 Å². The highest BCUT2D eigenvalue weighted by molar-refractivity contribution is 7.68. The van der Waals surface area contributed by atoms with Crippen molar-refractivity contribution in [1.29, 1.82) is 0 Å². The first-order chi connectivity index (χ1) is 14.3. The summed E-state index contributed by atoms with van der Waals surface area (Å²) in [6.07, 6.45) is 0. The van der Waals surface area contributed by atoms with E-state index >= 15 is 0 Å². The standard InChI is InChI=1S/C22H20NO5PS/c1-13-8-9-19(14(2)10-13)29(26,27-3)23-16-12-20(30-21(16)22(24)25)18-11-15-6-4-5-7-17(15)28-18/h4-12H,1-3H3,(H,23,26)(H,24,25). The fourth-order valence-corrected chi connectivity index (χ4v) is 6.04. The average Bonchev–Trinajstić information content (AvgIpc) is 3.31. The van der Waals surface area contributed by atoms with Crippen molar-refractivity contribution in [3.8, 4) is 10.6 Å². The molecule has 0 saturated carbocycles. The molecule has 2 heterocycles. The van der Waals surface area contributed by atoms with Gasteiger partial charge in [-0.3, -0.25) is 4.57 Å². The summed E-state index contributed by atoms with van der Waals surface area (Å²) in [7, 11) is -2.20. The topological polar surface area (TPSA) is 88.8 Å². The lowest BCUT2D eigenvalue weighted by molar-refractivity contribution is 0.0703. The third-order valence-electron chi connectivity index (χ3n) is 4.79. The number of para-hydroxylation sites is 1. The van der Waals surface area contributed by atoms with Gasteiger partial charge in [-0.1, -0.05) is 35.9 Å². The highest BCUT2D eigenvalue weighted by Gasteiger charge is 2.30. The second kappa shape index (κ2) is 7.76. The molecule has 0 aliphatic carbocycles. The van der Waals surface area contributed by atoms with E-state index in [1.165, 1.54) is 7.11 Å². The van der Waals surface area contributed by atoms with Gasteiger partial charge in [0.15, 0.2) is 0 Å². The van der Waals surface area contributed by atoms with E-state index in [1.54, 1.807) is 12.1 Å². The minimum atomic E-state index is -3.54. The van der Waals surface area contributed by atoms with Crippen LogP contribution in [0.2, 0.25) is 0 Å². The number of carbonyl (C=O) groups is 1. The van der Waals surface area contributed by atoms with E-state index in [2.05, 4.69) is 5.09 Å². The molecule has 0 amide bonds. The Kier molecular flexibility index (Phi) is 5.28. The number of nitrogens with one attached hydrogen (secondary N) is 1. The van der Waals surface area contributed by atoms with Crippen molar-refractivity contribution >= 4 is 46.8 Å². The molecule has 6 nitrogen and oxygen atoms in total. The van der Waals surface area contributed by atoms with Crippen molar-refractivity contribution in [2.24, 2.45) is 0 Å². The number of aryl methyl sites for hydroxylation is 2. The molecule has 1 atom stereocenters. The number of carboxylic acid groups (broad SMARTS) is 1. The van der Waals surface area contributed by atoms with Crippen molar-refractivity contribution in [2.45, 2.75) is 13.8 Å². The second-order valence-corrected chi connectivity index (χ2v) is 10.2. The van der Waals surface area contributed by atoms with Crippen LogP contribution >= 0.6 is 18.9 Å². The molecule has 0 aliphatic heterocycles. The summed E-state index contributed by atoms with van der Waals surface area (Å²) in [5.74, 6) is -0.566. The number of anilines is 1. The molecule has 0 fully saturated rings. The Hall–Kier alpha value is -2.86. The van der Waals surface area contributed by atoms with Crippen molar-refractivity contribution in [1.82, 2.24) is 0 Å². The monoisotopic (exact) mass is 441 g/mol. The average molecular weight is 441 g/mol. The molecule has 2 aromatic carbocycles. The lowest BCUT2D eigenvalue weighted by Crippen LogP contribution is -2.17. The molecule has 2 N–H and O–H groups in total. The molecule has 0 aliphatic rings. The lowest BCUT2D eigenvalue weighted by Gasteiger charge is -2.20. The van der Waals surface area contributed by atoms with Crippen molar-refractivity contribution < 1.29 is 23.4 Å². The predicted molar refractivity (Wildman–Crippen MR) is 120 cm³/mol. The Labute approximate surface area is 177 Å². The first-order valence-corrected chi connectivity index (χ1v) is 11.6. The van der Waals surface area contributed by atoms with Crippen molar-refractivity contribution in [3.63, 3.8) is 0 Å². The maximum Gasteiger partial charge on any atom is 0.348 e. The SMILES string of the molecule is COP(=O)(Nc1cc(-c2cc3ccccc3o2)sc1C(=O)O)c1ccc(C)cc1C. The maximum atomic E-state index is 13.6. The smallest absolute Gasteiger partial charge is 0.348 e. The molecule has 4 rings (SSSR count). The van der Waals surface area contributed by atoms with E-state index in [9.17, 15) is 14.5 Å². The molecule has 0 spiro atoms. The van der Waals surface area contributed by atoms with Gasteiger partial charge in [-0.15, -0.1) is 11.3 Å². The molecule has 0 saturated heterocycles. The first-order valence-electron chi connectivity index (χ1n) is 9.18. The van der Waals surface area contributed by atoms with E-state index < -0.39 is 13.5 Å². The molecule has 1 unspecified atom stereocenters. The molecule has 4 aromatic rings. The lowest BCUT2D eigenvalue weighted by atomic mass is 10.2. The van der Waals surface area contributed by atoms with Gasteiger partial charge in [0.1, 0.15) is 16.2 Å². The Morgan fingerprint density at radius 1 is 1.13 bits per heavy atom. The van der Waals surface area contributed by atoms with Gasteiger partial charge in [0.2, 0.25) is 0 Å². The fourth-order valence-electron chi connectivity index (χ4n) is 3.36. The minimum absolute atomic E-state index is 0.0347. The molecular weight excluding hydrogens is 421 g/mol. The van der Waals surface area contributed by atoms with Gasteiger partial charge < -0.3 is 19.1 Å². The summed E-state index contributed by atoms with van der Waals surface area (Å²) >= 11 is 1.06. The van der Waals surface area contributed by atoms with Gasteiger partial charge in [-0.25, -0.2) is 4.79 Å². The quantitative estimate of drug-likeness (QED) is 0.354. The molecule has 30 heavy (non-hydrogen) atoms. The van der Waals surface area contributed by atoms with Crippen LogP contribution in [0.25, 0.3) is 21.6 Å². The number of benzene rings is 2. The Morgan fingerprint density at radius 3 is 2.57 bits per heavy atom. The number of aromatic carboxylic acids is 1. The highest BCUT2D eigenvalue weighted by Crippen LogP contribution is 2.49. The third kappa shape index (κ3) is 3.67. The van der Waals surface area contributed by atoms with Gasteiger partial charge in [0.05, 0.1) is 15.9 Å². The zero-order valence-electron chi connectivity index (χ0n) is 16.6. The summed E-state index contributed by atoms with van der Waals surface area (Å²) in [6.45, 7) is 3.80. The molecule has 8 heteroatoms.